The molecule has 0 fully saturated rings. The molecule has 2 rings (SSSR count). The zero-order valence-corrected chi connectivity index (χ0v) is 9.26. The van der Waals surface area contributed by atoms with Gasteiger partial charge in [0.05, 0.1) is 11.6 Å². The molecule has 78 valence electrons. The molecule has 0 radical (unpaired) electrons. The largest absolute Gasteiger partial charge is 0.464 e. The molecule has 0 amide bonds. The third-order valence-corrected chi connectivity index (χ3v) is 2.66. The van der Waals surface area contributed by atoms with Crippen molar-refractivity contribution in [1.82, 2.24) is 0 Å². The lowest BCUT2D eigenvalue weighted by Crippen LogP contribution is -2.08. The number of rotatable bonds is 1. The Balaban J connectivity index is 2.93. The average molecular weight is 202 g/mol. The second-order valence-electron chi connectivity index (χ2n) is 3.90. The van der Waals surface area contributed by atoms with E-state index in [-0.39, 0.29) is 5.43 Å². The molecule has 0 bridgehead atoms. The predicted molar refractivity (Wildman–Crippen MR) is 61.3 cm³/mol. The van der Waals surface area contributed by atoms with Gasteiger partial charge in [0, 0.05) is 5.56 Å². The summed E-state index contributed by atoms with van der Waals surface area (Å²) in [4.78, 5) is 12.0. The first-order valence-electron chi connectivity index (χ1n) is 5.15. The predicted octanol–water partition coefficient (Wildman–Crippen LogP) is 2.97. The lowest BCUT2D eigenvalue weighted by Gasteiger charge is -2.04. The molecule has 1 heterocycles. The molecule has 1 aromatic carbocycles. The molecule has 0 aliphatic heterocycles. The molecule has 0 saturated heterocycles. The first-order chi connectivity index (χ1) is 7.13. The lowest BCUT2D eigenvalue weighted by molar-refractivity contribution is 0.591. The summed E-state index contributed by atoms with van der Waals surface area (Å²) in [6, 6.07) is 3.92. The van der Waals surface area contributed by atoms with E-state index in [1.165, 1.54) is 0 Å². The molecule has 0 N–H and O–H groups in total. The summed E-state index contributed by atoms with van der Waals surface area (Å²) in [7, 11) is 0. The fourth-order valence-corrected chi connectivity index (χ4v) is 1.88. The van der Waals surface area contributed by atoms with Gasteiger partial charge in [-0.3, -0.25) is 4.79 Å². The van der Waals surface area contributed by atoms with Gasteiger partial charge >= 0.3 is 0 Å². The van der Waals surface area contributed by atoms with E-state index in [1.54, 1.807) is 6.26 Å². The number of aryl methyl sites for hydroxylation is 3. The van der Waals surface area contributed by atoms with Crippen LogP contribution in [0.3, 0.4) is 0 Å². The van der Waals surface area contributed by atoms with Crippen molar-refractivity contribution in [3.05, 3.63) is 45.3 Å². The van der Waals surface area contributed by atoms with Crippen LogP contribution in [-0.4, -0.2) is 0 Å². The topological polar surface area (TPSA) is 30.2 Å². The molecule has 0 unspecified atom stereocenters. The van der Waals surface area contributed by atoms with Crippen molar-refractivity contribution in [3.63, 3.8) is 0 Å². The molecule has 2 nitrogen and oxygen atoms in total. The molecule has 0 saturated carbocycles. The van der Waals surface area contributed by atoms with E-state index in [0.29, 0.717) is 17.4 Å². The molecule has 0 aliphatic rings. The van der Waals surface area contributed by atoms with Crippen molar-refractivity contribution in [2.24, 2.45) is 0 Å². The molecular formula is C13H14O2. The number of hydrogen-bond acceptors (Lipinski definition) is 2. The van der Waals surface area contributed by atoms with Crippen molar-refractivity contribution in [2.45, 2.75) is 27.2 Å². The monoisotopic (exact) mass is 202 g/mol. The zero-order valence-electron chi connectivity index (χ0n) is 9.26. The van der Waals surface area contributed by atoms with E-state index in [0.717, 1.165) is 16.7 Å². The Morgan fingerprint density at radius 3 is 2.67 bits per heavy atom. The van der Waals surface area contributed by atoms with Gasteiger partial charge in [0.2, 0.25) is 0 Å². The first kappa shape index (κ1) is 9.97. The van der Waals surface area contributed by atoms with Crippen molar-refractivity contribution in [2.75, 3.05) is 0 Å². The van der Waals surface area contributed by atoms with E-state index < -0.39 is 0 Å². The van der Waals surface area contributed by atoms with Crippen molar-refractivity contribution in [3.8, 4) is 0 Å². The molecule has 0 spiro atoms. The Kier molecular flexibility index (Phi) is 2.35. The van der Waals surface area contributed by atoms with Gasteiger partial charge in [-0.05, 0) is 37.5 Å². The Hall–Kier alpha value is -1.57. The SMILES string of the molecule is CCc1coc2c(C)cc(C)cc2c1=O. The van der Waals surface area contributed by atoms with E-state index in [2.05, 4.69) is 0 Å². The molecule has 15 heavy (non-hydrogen) atoms. The number of benzene rings is 1. The fourth-order valence-electron chi connectivity index (χ4n) is 1.88. The third-order valence-electron chi connectivity index (χ3n) is 2.66. The molecular weight excluding hydrogens is 188 g/mol. The van der Waals surface area contributed by atoms with Crippen LogP contribution < -0.4 is 5.43 Å². The van der Waals surface area contributed by atoms with Crippen molar-refractivity contribution < 1.29 is 4.42 Å². The minimum absolute atomic E-state index is 0.102. The van der Waals surface area contributed by atoms with E-state index in [4.69, 9.17) is 4.42 Å². The van der Waals surface area contributed by atoms with Crippen LogP contribution >= 0.6 is 0 Å². The summed E-state index contributed by atoms with van der Waals surface area (Å²) < 4.78 is 5.50. The first-order valence-corrected chi connectivity index (χ1v) is 5.15. The van der Waals surface area contributed by atoms with Gasteiger partial charge in [0.25, 0.3) is 0 Å². The molecule has 2 aromatic rings. The Morgan fingerprint density at radius 1 is 1.27 bits per heavy atom. The van der Waals surface area contributed by atoms with Crippen LogP contribution in [-0.2, 0) is 6.42 Å². The van der Waals surface area contributed by atoms with Crippen LogP contribution in [0.2, 0.25) is 0 Å². The summed E-state index contributed by atoms with van der Waals surface area (Å²) in [5, 5.41) is 0.701. The van der Waals surface area contributed by atoms with Crippen LogP contribution in [0.15, 0.2) is 27.6 Å². The second-order valence-corrected chi connectivity index (χ2v) is 3.90. The number of hydrogen-bond donors (Lipinski definition) is 0. The molecule has 1 aromatic heterocycles. The standard InChI is InChI=1S/C13H14O2/c1-4-10-7-15-13-9(3)5-8(2)6-11(13)12(10)14/h5-7H,4H2,1-3H3. The van der Waals surface area contributed by atoms with Crippen LogP contribution in [0.4, 0.5) is 0 Å². The summed E-state index contributed by atoms with van der Waals surface area (Å²) in [5.74, 6) is 0. The van der Waals surface area contributed by atoms with E-state index in [1.807, 2.05) is 32.9 Å². The summed E-state index contributed by atoms with van der Waals surface area (Å²) in [6.45, 7) is 5.91. The maximum absolute atomic E-state index is 12.0. The summed E-state index contributed by atoms with van der Waals surface area (Å²) in [5.41, 5.74) is 3.67. The van der Waals surface area contributed by atoms with Gasteiger partial charge in [-0.2, -0.15) is 0 Å². The van der Waals surface area contributed by atoms with E-state index in [9.17, 15) is 4.79 Å². The molecule has 0 atom stereocenters. The third kappa shape index (κ3) is 1.56. The fraction of sp³-hybridized carbons (Fsp3) is 0.308. The van der Waals surface area contributed by atoms with Crippen molar-refractivity contribution >= 4 is 11.0 Å². The normalized spacial score (nSPS) is 10.9. The molecule has 2 heteroatoms. The van der Waals surface area contributed by atoms with Crippen LogP contribution in [0, 0.1) is 13.8 Å². The minimum Gasteiger partial charge on any atom is -0.464 e. The van der Waals surface area contributed by atoms with Crippen LogP contribution in [0.5, 0.6) is 0 Å². The Bertz CT molecular complexity index is 564. The lowest BCUT2D eigenvalue weighted by atomic mass is 10.1. The quantitative estimate of drug-likeness (QED) is 0.711. The second kappa shape index (κ2) is 3.54. The van der Waals surface area contributed by atoms with Gasteiger partial charge < -0.3 is 4.42 Å². The Morgan fingerprint density at radius 2 is 2.00 bits per heavy atom. The smallest absolute Gasteiger partial charge is 0.195 e. The van der Waals surface area contributed by atoms with Gasteiger partial charge in [-0.1, -0.05) is 13.0 Å². The zero-order chi connectivity index (χ0) is 11.0. The number of fused-ring (bicyclic) bond motifs is 1. The minimum atomic E-state index is 0.102. The van der Waals surface area contributed by atoms with Gasteiger partial charge in [0.1, 0.15) is 5.58 Å². The van der Waals surface area contributed by atoms with Crippen molar-refractivity contribution in [1.29, 1.82) is 0 Å². The van der Waals surface area contributed by atoms with Gasteiger partial charge in [-0.15, -0.1) is 0 Å². The van der Waals surface area contributed by atoms with Gasteiger partial charge in [-0.25, -0.2) is 0 Å². The highest BCUT2D eigenvalue weighted by Crippen LogP contribution is 2.18. The maximum atomic E-state index is 12.0. The highest BCUT2D eigenvalue weighted by Gasteiger charge is 2.07. The maximum Gasteiger partial charge on any atom is 0.195 e. The van der Waals surface area contributed by atoms with Gasteiger partial charge in [0.15, 0.2) is 5.43 Å². The van der Waals surface area contributed by atoms with Crippen LogP contribution in [0.1, 0.15) is 23.6 Å². The Labute approximate surface area is 88.5 Å². The van der Waals surface area contributed by atoms with Crippen LogP contribution in [0.25, 0.3) is 11.0 Å². The summed E-state index contributed by atoms with van der Waals surface area (Å²) in [6.07, 6.45) is 2.29. The average Bonchev–Trinajstić information content (AvgIpc) is 2.19. The highest BCUT2D eigenvalue weighted by atomic mass is 16.3. The highest BCUT2D eigenvalue weighted by molar-refractivity contribution is 5.80. The molecule has 0 aliphatic carbocycles. The summed E-state index contributed by atoms with van der Waals surface area (Å²) >= 11 is 0. The van der Waals surface area contributed by atoms with E-state index >= 15 is 0 Å².